The van der Waals surface area contributed by atoms with E-state index in [1.165, 1.54) is 116 Å². The Bertz CT molecular complexity index is 554. The smallest absolute Gasteiger partial charge is 0.309 e. The second kappa shape index (κ2) is 25.9. The van der Waals surface area contributed by atoms with E-state index in [0.717, 1.165) is 56.3 Å². The number of hydrogen-bond acceptors (Lipinski definition) is 1. The van der Waals surface area contributed by atoms with Crippen molar-refractivity contribution in [3.63, 3.8) is 0 Å². The van der Waals surface area contributed by atoms with Crippen molar-refractivity contribution in [2.24, 2.45) is 35.0 Å². The summed E-state index contributed by atoms with van der Waals surface area (Å²) in [5, 5.41) is 10.9. The van der Waals surface area contributed by atoms with E-state index in [0.29, 0.717) is 11.8 Å². The van der Waals surface area contributed by atoms with Crippen LogP contribution in [0.2, 0.25) is 0 Å². The Hall–Kier alpha value is -0.530. The van der Waals surface area contributed by atoms with Gasteiger partial charge in [-0.1, -0.05) is 184 Å². The van der Waals surface area contributed by atoms with Gasteiger partial charge in [0.25, 0.3) is 0 Å². The summed E-state index contributed by atoms with van der Waals surface area (Å²) in [5.74, 6) is 2.97. The van der Waals surface area contributed by atoms with Crippen molar-refractivity contribution in [3.05, 3.63) is 0 Å². The molecule has 246 valence electrons. The molecule has 1 N–H and O–H groups in total. The molecule has 0 aromatic carbocycles. The third kappa shape index (κ3) is 22.6. The summed E-state index contributed by atoms with van der Waals surface area (Å²) < 4.78 is 0. The number of rotatable bonds is 30. The van der Waals surface area contributed by atoms with Crippen LogP contribution in [0.25, 0.3) is 0 Å². The van der Waals surface area contributed by atoms with Gasteiger partial charge >= 0.3 is 5.97 Å². The monoisotopic (exact) mass is 579 g/mol. The van der Waals surface area contributed by atoms with Gasteiger partial charge in [0.2, 0.25) is 0 Å². The second-order valence-corrected chi connectivity index (χ2v) is 15.6. The summed E-state index contributed by atoms with van der Waals surface area (Å²) in [6, 6.07) is 0. The minimum absolute atomic E-state index is 0.344. The Morgan fingerprint density at radius 1 is 0.415 bits per heavy atom. The molecule has 0 saturated heterocycles. The highest BCUT2D eigenvalue weighted by molar-refractivity contribution is 5.75. The Morgan fingerprint density at radius 3 is 1.02 bits per heavy atom. The highest BCUT2D eigenvalue weighted by Crippen LogP contribution is 2.45. The molecule has 0 radical (unpaired) electrons. The van der Waals surface area contributed by atoms with Crippen molar-refractivity contribution < 1.29 is 9.90 Å². The summed E-state index contributed by atoms with van der Waals surface area (Å²) in [4.78, 5) is 13.3. The molecule has 0 aliphatic heterocycles. The molecule has 0 aromatic rings. The molecule has 0 aromatic heterocycles. The average Bonchev–Trinajstić information content (AvgIpc) is 2.88. The number of aliphatic carboxylic acids is 1. The third-order valence-corrected chi connectivity index (χ3v) is 9.68. The Morgan fingerprint density at radius 2 is 0.683 bits per heavy atom. The molecule has 0 aliphatic rings. The van der Waals surface area contributed by atoms with Gasteiger partial charge in [-0.15, -0.1) is 0 Å². The summed E-state index contributed by atoms with van der Waals surface area (Å²) >= 11 is 0. The van der Waals surface area contributed by atoms with Crippen molar-refractivity contribution >= 4 is 5.97 Å². The summed E-state index contributed by atoms with van der Waals surface area (Å²) in [5.41, 5.74) is -0.509. The van der Waals surface area contributed by atoms with Crippen LogP contribution in [0, 0.1) is 35.0 Å². The van der Waals surface area contributed by atoms with Gasteiger partial charge < -0.3 is 5.11 Å². The molecular weight excluding hydrogens is 500 g/mol. The van der Waals surface area contributed by atoms with Gasteiger partial charge in [0.15, 0.2) is 0 Å². The highest BCUT2D eigenvalue weighted by Gasteiger charge is 2.43. The standard InChI is InChI=1S/C39H78O2/c1-33(2)25-18-12-9-15-21-29-37(30-24-28-36(7)8)39(38(40)41,31-22-16-10-13-19-26-34(3)4)32-23-17-11-14-20-27-35(5)6/h33-37H,9-32H2,1-8H3,(H,40,41). The largest absolute Gasteiger partial charge is 0.481 e. The van der Waals surface area contributed by atoms with E-state index >= 15 is 0 Å². The number of carbonyl (C=O) groups is 1. The molecule has 0 rings (SSSR count). The minimum Gasteiger partial charge on any atom is -0.481 e. The topological polar surface area (TPSA) is 37.3 Å². The minimum atomic E-state index is -0.509. The lowest BCUT2D eigenvalue weighted by Gasteiger charge is -2.38. The molecular formula is C39H78O2. The van der Waals surface area contributed by atoms with Crippen molar-refractivity contribution in [1.82, 2.24) is 0 Å². The van der Waals surface area contributed by atoms with E-state index in [9.17, 15) is 9.90 Å². The second-order valence-electron chi connectivity index (χ2n) is 15.6. The number of unbranched alkanes of at least 4 members (excludes halogenated alkanes) is 12. The third-order valence-electron chi connectivity index (χ3n) is 9.68. The average molecular weight is 579 g/mol. The van der Waals surface area contributed by atoms with Gasteiger partial charge in [-0.25, -0.2) is 0 Å². The van der Waals surface area contributed by atoms with Gasteiger partial charge in [0, 0.05) is 0 Å². The zero-order chi connectivity index (χ0) is 30.9. The maximum Gasteiger partial charge on any atom is 0.309 e. The lowest BCUT2D eigenvalue weighted by molar-refractivity contribution is -0.155. The van der Waals surface area contributed by atoms with Crippen molar-refractivity contribution in [1.29, 1.82) is 0 Å². The first-order chi connectivity index (χ1) is 19.5. The molecule has 0 spiro atoms. The van der Waals surface area contributed by atoms with Crippen LogP contribution in [-0.4, -0.2) is 11.1 Å². The Kier molecular flexibility index (Phi) is 25.6. The number of carboxylic acids is 1. The molecule has 41 heavy (non-hydrogen) atoms. The van der Waals surface area contributed by atoms with Crippen LogP contribution in [0.1, 0.15) is 209 Å². The molecule has 2 heteroatoms. The van der Waals surface area contributed by atoms with Crippen LogP contribution in [-0.2, 0) is 4.79 Å². The van der Waals surface area contributed by atoms with E-state index in [4.69, 9.17) is 0 Å². The lowest BCUT2D eigenvalue weighted by Crippen LogP contribution is -2.39. The molecule has 1 unspecified atom stereocenters. The van der Waals surface area contributed by atoms with Crippen LogP contribution in [0.15, 0.2) is 0 Å². The first kappa shape index (κ1) is 40.5. The van der Waals surface area contributed by atoms with Gasteiger partial charge in [0.1, 0.15) is 0 Å². The zero-order valence-corrected chi connectivity index (χ0v) is 29.7. The lowest BCUT2D eigenvalue weighted by atomic mass is 9.65. The maximum absolute atomic E-state index is 13.3. The van der Waals surface area contributed by atoms with Crippen LogP contribution in [0.4, 0.5) is 0 Å². The highest BCUT2D eigenvalue weighted by atomic mass is 16.4. The van der Waals surface area contributed by atoms with Crippen LogP contribution >= 0.6 is 0 Å². The molecule has 0 bridgehead atoms. The fraction of sp³-hybridized carbons (Fsp3) is 0.974. The van der Waals surface area contributed by atoms with Gasteiger partial charge in [-0.05, 0) is 55.3 Å². The molecule has 0 fully saturated rings. The molecule has 0 heterocycles. The zero-order valence-electron chi connectivity index (χ0n) is 29.7. The molecule has 0 aliphatic carbocycles. The van der Waals surface area contributed by atoms with E-state index in [2.05, 4.69) is 55.4 Å². The quantitative estimate of drug-likeness (QED) is 0.0860. The predicted molar refractivity (Wildman–Crippen MR) is 184 cm³/mol. The van der Waals surface area contributed by atoms with Gasteiger partial charge in [-0.2, -0.15) is 0 Å². The van der Waals surface area contributed by atoms with Crippen LogP contribution in [0.3, 0.4) is 0 Å². The fourth-order valence-corrected chi connectivity index (χ4v) is 6.91. The number of hydrogen-bond donors (Lipinski definition) is 1. The number of carboxylic acid groups (broad SMARTS) is 1. The van der Waals surface area contributed by atoms with Crippen LogP contribution < -0.4 is 0 Å². The van der Waals surface area contributed by atoms with Crippen molar-refractivity contribution in [2.75, 3.05) is 0 Å². The summed E-state index contributed by atoms with van der Waals surface area (Å²) in [6.45, 7) is 18.5. The molecule has 0 amide bonds. The van der Waals surface area contributed by atoms with Crippen LogP contribution in [0.5, 0.6) is 0 Å². The van der Waals surface area contributed by atoms with E-state index in [1.807, 2.05) is 0 Å². The summed E-state index contributed by atoms with van der Waals surface area (Å²) in [7, 11) is 0. The Labute approximate surface area is 260 Å². The van der Waals surface area contributed by atoms with E-state index < -0.39 is 11.4 Å². The molecule has 0 saturated carbocycles. The van der Waals surface area contributed by atoms with Crippen molar-refractivity contribution in [3.8, 4) is 0 Å². The maximum atomic E-state index is 13.3. The SMILES string of the molecule is CC(C)CCCCCCCC(CCCC(C)C)C(CCCCCCCC(C)C)(CCCCCCCC(C)C)C(=O)O. The van der Waals surface area contributed by atoms with Gasteiger partial charge in [-0.3, -0.25) is 4.79 Å². The first-order valence-electron chi connectivity index (χ1n) is 18.7. The van der Waals surface area contributed by atoms with E-state index in [-0.39, 0.29) is 0 Å². The van der Waals surface area contributed by atoms with E-state index in [1.54, 1.807) is 0 Å². The normalized spacial score (nSPS) is 13.3. The van der Waals surface area contributed by atoms with Gasteiger partial charge in [0.05, 0.1) is 5.41 Å². The first-order valence-corrected chi connectivity index (χ1v) is 18.7. The summed E-state index contributed by atoms with van der Waals surface area (Å²) in [6.07, 6.45) is 29.4. The van der Waals surface area contributed by atoms with Crippen molar-refractivity contribution in [2.45, 2.75) is 209 Å². The molecule has 1 atom stereocenters. The molecule has 2 nitrogen and oxygen atoms in total. The Balaban J connectivity index is 5.32. The fourth-order valence-electron chi connectivity index (χ4n) is 6.91. The predicted octanol–water partition coefficient (Wildman–Crippen LogP) is 13.7.